The predicted octanol–water partition coefficient (Wildman–Crippen LogP) is 3.07. The Labute approximate surface area is 237 Å². The SMILES string of the molecule is CCOC(=O)C(N)=C(Cl)C1=NCCCN(c2nc(S(C)(=O)=O)nc3c2CO[C@@]2(CCc4c(Cl)cccc42)C3)C1. The summed E-state index contributed by atoms with van der Waals surface area (Å²) in [6.45, 7) is 3.15. The number of nitrogens with two attached hydrogens (primary N) is 1. The molecule has 1 aromatic heterocycles. The number of aliphatic imine (C=N–C) groups is 1. The van der Waals surface area contributed by atoms with Crippen molar-refractivity contribution in [3.8, 4) is 0 Å². The van der Waals surface area contributed by atoms with Crippen LogP contribution in [0.3, 0.4) is 0 Å². The minimum Gasteiger partial charge on any atom is -0.461 e. The number of benzene rings is 1. The van der Waals surface area contributed by atoms with Crippen LogP contribution in [0.15, 0.2) is 39.1 Å². The number of carbonyl (C=O) groups excluding carboxylic acids is 1. The van der Waals surface area contributed by atoms with Gasteiger partial charge in [0.25, 0.3) is 0 Å². The second-order valence-electron chi connectivity index (χ2n) is 9.80. The lowest BCUT2D eigenvalue weighted by molar-refractivity contribution is -0.138. The smallest absolute Gasteiger partial charge is 0.355 e. The highest BCUT2D eigenvalue weighted by molar-refractivity contribution is 7.90. The van der Waals surface area contributed by atoms with Gasteiger partial charge in [-0.1, -0.05) is 35.3 Å². The van der Waals surface area contributed by atoms with Gasteiger partial charge in [0, 0.05) is 36.4 Å². The molecule has 1 aliphatic carbocycles. The number of anilines is 1. The van der Waals surface area contributed by atoms with Gasteiger partial charge < -0.3 is 20.1 Å². The van der Waals surface area contributed by atoms with Gasteiger partial charge in [0.05, 0.1) is 41.8 Å². The fourth-order valence-corrected chi connectivity index (χ4v) is 6.34. The van der Waals surface area contributed by atoms with Crippen molar-refractivity contribution in [2.75, 3.05) is 37.4 Å². The molecular formula is C26H29Cl2N5O5S. The minimum absolute atomic E-state index is 0.00116. The van der Waals surface area contributed by atoms with E-state index in [4.69, 9.17) is 38.4 Å². The van der Waals surface area contributed by atoms with Crippen molar-refractivity contribution in [2.45, 2.75) is 50.0 Å². The summed E-state index contributed by atoms with van der Waals surface area (Å²) in [4.78, 5) is 27.6. The zero-order valence-corrected chi connectivity index (χ0v) is 24.0. The first-order valence-electron chi connectivity index (χ1n) is 12.7. The molecule has 0 amide bonds. The number of halogens is 2. The van der Waals surface area contributed by atoms with Gasteiger partial charge in [0.15, 0.2) is 0 Å². The third-order valence-electron chi connectivity index (χ3n) is 7.23. The monoisotopic (exact) mass is 593 g/mol. The van der Waals surface area contributed by atoms with Crippen molar-refractivity contribution in [1.82, 2.24) is 9.97 Å². The molecule has 0 radical (unpaired) electrons. The van der Waals surface area contributed by atoms with Crippen LogP contribution in [0.4, 0.5) is 5.82 Å². The molecule has 10 nitrogen and oxygen atoms in total. The summed E-state index contributed by atoms with van der Waals surface area (Å²) in [5.41, 5.74) is 8.87. The standard InChI is InChI=1S/C26H29Cl2N5O5S/c1-3-37-24(34)22(29)21(28)20-13-33(11-5-10-30-20)23-16-14-38-26(9-8-15-17(26)6-4-7-18(15)27)12-19(16)31-25(32-23)39(2,35)36/h4,6-7H,3,5,8-14,29H2,1-2H3/t26-/m0/s1. The second-order valence-corrected chi connectivity index (χ2v) is 12.5. The number of aromatic nitrogens is 2. The molecule has 1 atom stereocenters. The number of fused-ring (bicyclic) bond motifs is 3. The summed E-state index contributed by atoms with van der Waals surface area (Å²) in [5.74, 6) is -0.288. The third-order valence-corrected chi connectivity index (χ3v) is 8.85. The summed E-state index contributed by atoms with van der Waals surface area (Å²) < 4.78 is 36.8. The first-order chi connectivity index (χ1) is 18.5. The summed E-state index contributed by atoms with van der Waals surface area (Å²) in [6, 6.07) is 5.78. The van der Waals surface area contributed by atoms with Gasteiger partial charge >= 0.3 is 5.97 Å². The normalized spacial score (nSPS) is 21.5. The van der Waals surface area contributed by atoms with Gasteiger partial charge in [-0.2, -0.15) is 0 Å². The van der Waals surface area contributed by atoms with E-state index in [1.165, 1.54) is 0 Å². The van der Waals surface area contributed by atoms with Crippen LogP contribution >= 0.6 is 23.2 Å². The Morgan fingerprint density at radius 1 is 1.28 bits per heavy atom. The van der Waals surface area contributed by atoms with Crippen LogP contribution < -0.4 is 10.6 Å². The number of ether oxygens (including phenoxy) is 2. The predicted molar refractivity (Wildman–Crippen MR) is 148 cm³/mol. The highest BCUT2D eigenvalue weighted by Crippen LogP contribution is 2.48. The van der Waals surface area contributed by atoms with Crippen LogP contribution in [0.25, 0.3) is 0 Å². The van der Waals surface area contributed by atoms with E-state index in [1.54, 1.807) is 6.92 Å². The molecule has 1 aromatic carbocycles. The lowest BCUT2D eigenvalue weighted by Crippen LogP contribution is -2.38. The largest absolute Gasteiger partial charge is 0.461 e. The average molecular weight is 595 g/mol. The lowest BCUT2D eigenvalue weighted by Gasteiger charge is -2.37. The Kier molecular flexibility index (Phi) is 7.62. The van der Waals surface area contributed by atoms with Crippen molar-refractivity contribution in [2.24, 2.45) is 10.7 Å². The van der Waals surface area contributed by atoms with Crippen molar-refractivity contribution in [3.63, 3.8) is 0 Å². The average Bonchev–Trinajstić information content (AvgIpc) is 3.08. The fraction of sp³-hybridized carbons (Fsp3) is 0.462. The molecule has 0 unspecified atom stereocenters. The number of hydrogen-bond donors (Lipinski definition) is 1. The summed E-state index contributed by atoms with van der Waals surface area (Å²) >= 11 is 13.0. The quantitative estimate of drug-likeness (QED) is 0.315. The Balaban J connectivity index is 1.55. The Hall–Kier alpha value is -2.73. The maximum Gasteiger partial charge on any atom is 0.355 e. The number of esters is 1. The van der Waals surface area contributed by atoms with Crippen LogP contribution in [0.1, 0.15) is 42.1 Å². The number of nitrogens with zero attached hydrogens (tertiary/aromatic N) is 4. The van der Waals surface area contributed by atoms with Gasteiger partial charge in [0.1, 0.15) is 11.5 Å². The molecule has 2 aromatic rings. The molecule has 3 heterocycles. The first-order valence-corrected chi connectivity index (χ1v) is 15.3. The third kappa shape index (κ3) is 5.25. The molecule has 3 aliphatic rings. The molecule has 39 heavy (non-hydrogen) atoms. The molecule has 13 heteroatoms. The van der Waals surface area contributed by atoms with Crippen LogP contribution in [0.5, 0.6) is 0 Å². The zero-order valence-electron chi connectivity index (χ0n) is 21.7. The van der Waals surface area contributed by atoms with Gasteiger partial charge in [-0.15, -0.1) is 0 Å². The van der Waals surface area contributed by atoms with Crippen LogP contribution in [0.2, 0.25) is 5.02 Å². The summed E-state index contributed by atoms with van der Waals surface area (Å²) in [7, 11) is -3.73. The lowest BCUT2D eigenvalue weighted by atomic mass is 9.87. The van der Waals surface area contributed by atoms with Gasteiger partial charge in [0.2, 0.25) is 15.0 Å². The van der Waals surface area contributed by atoms with E-state index in [9.17, 15) is 13.2 Å². The van der Waals surface area contributed by atoms with Crippen molar-refractivity contribution in [1.29, 1.82) is 0 Å². The van der Waals surface area contributed by atoms with E-state index in [0.717, 1.165) is 23.8 Å². The van der Waals surface area contributed by atoms with Gasteiger partial charge in [-0.3, -0.25) is 4.99 Å². The van der Waals surface area contributed by atoms with Gasteiger partial charge in [-0.05, 0) is 43.4 Å². The van der Waals surface area contributed by atoms with Gasteiger partial charge in [-0.25, -0.2) is 23.2 Å². The molecule has 2 N–H and O–H groups in total. The first kappa shape index (κ1) is 27.8. The van der Waals surface area contributed by atoms with Crippen molar-refractivity contribution < 1.29 is 22.7 Å². The molecule has 2 aliphatic heterocycles. The minimum atomic E-state index is -3.73. The summed E-state index contributed by atoms with van der Waals surface area (Å²) in [5, 5.41) is 0.441. The second kappa shape index (κ2) is 10.7. The maximum absolute atomic E-state index is 12.7. The molecule has 5 rings (SSSR count). The molecule has 0 bridgehead atoms. The van der Waals surface area contributed by atoms with E-state index >= 15 is 0 Å². The zero-order chi connectivity index (χ0) is 27.9. The molecule has 1 spiro atoms. The Bertz CT molecular complexity index is 1510. The Morgan fingerprint density at radius 2 is 2.08 bits per heavy atom. The van der Waals surface area contributed by atoms with Crippen LogP contribution in [-0.4, -0.2) is 62.6 Å². The van der Waals surface area contributed by atoms with Crippen molar-refractivity contribution >= 4 is 50.5 Å². The number of sulfone groups is 1. The topological polar surface area (TPSA) is 137 Å². The number of carbonyl (C=O) groups is 1. The molecule has 0 fully saturated rings. The molecular weight excluding hydrogens is 565 g/mol. The summed E-state index contributed by atoms with van der Waals surface area (Å²) in [6.07, 6.45) is 3.61. The maximum atomic E-state index is 12.7. The Morgan fingerprint density at radius 3 is 2.82 bits per heavy atom. The highest BCUT2D eigenvalue weighted by atomic mass is 35.5. The number of rotatable bonds is 5. The van der Waals surface area contributed by atoms with Crippen LogP contribution in [0, 0.1) is 0 Å². The van der Waals surface area contributed by atoms with E-state index in [-0.39, 0.29) is 35.6 Å². The molecule has 0 saturated carbocycles. The van der Waals surface area contributed by atoms with E-state index in [1.807, 2.05) is 23.1 Å². The van der Waals surface area contributed by atoms with E-state index in [2.05, 4.69) is 15.0 Å². The number of hydrogen-bond acceptors (Lipinski definition) is 10. The molecule has 208 valence electrons. The van der Waals surface area contributed by atoms with Crippen molar-refractivity contribution in [3.05, 3.63) is 56.3 Å². The highest BCUT2D eigenvalue weighted by Gasteiger charge is 2.45. The van der Waals surface area contributed by atoms with E-state index in [0.29, 0.717) is 60.2 Å². The molecule has 0 saturated heterocycles. The van der Waals surface area contributed by atoms with Crippen LogP contribution in [-0.2, 0) is 49.2 Å². The fourth-order valence-electron chi connectivity index (χ4n) is 5.34. The van der Waals surface area contributed by atoms with E-state index < -0.39 is 21.4 Å².